The maximum absolute atomic E-state index is 12.1. The van der Waals surface area contributed by atoms with Gasteiger partial charge in [0, 0.05) is 11.5 Å². The smallest absolute Gasteiger partial charge is 0.233 e. The van der Waals surface area contributed by atoms with Crippen molar-refractivity contribution in [2.75, 3.05) is 12.4 Å². The summed E-state index contributed by atoms with van der Waals surface area (Å²) in [6, 6.07) is 0.143. The fraction of sp³-hybridized carbons (Fsp3) is 0.929. The third-order valence-corrected chi connectivity index (χ3v) is 5.23. The van der Waals surface area contributed by atoms with Gasteiger partial charge in [0.2, 0.25) is 5.91 Å². The van der Waals surface area contributed by atoms with Crippen LogP contribution in [0.2, 0.25) is 0 Å². The van der Waals surface area contributed by atoms with E-state index in [9.17, 15) is 9.90 Å². The number of aliphatic hydroxyl groups excluding tert-OH is 1. The summed E-state index contributed by atoms with van der Waals surface area (Å²) in [6.07, 6.45) is 5.44. The van der Waals surface area contributed by atoms with Crippen molar-refractivity contribution in [1.29, 1.82) is 0 Å². The average molecular weight is 273 g/mol. The molecule has 0 aromatic heterocycles. The number of amides is 1. The van der Waals surface area contributed by atoms with Crippen molar-refractivity contribution in [1.82, 2.24) is 5.32 Å². The Morgan fingerprint density at radius 3 is 2.94 bits per heavy atom. The van der Waals surface area contributed by atoms with Gasteiger partial charge < -0.3 is 10.4 Å². The van der Waals surface area contributed by atoms with Crippen LogP contribution >= 0.6 is 11.8 Å². The Balaban J connectivity index is 2.39. The number of hydrogen-bond donors (Lipinski definition) is 2. The van der Waals surface area contributed by atoms with Crippen molar-refractivity contribution in [2.24, 2.45) is 5.41 Å². The van der Waals surface area contributed by atoms with E-state index in [1.165, 1.54) is 12.8 Å². The van der Waals surface area contributed by atoms with Crippen LogP contribution in [-0.2, 0) is 4.79 Å². The predicted octanol–water partition coefficient (Wildman–Crippen LogP) is 2.58. The molecule has 0 aliphatic heterocycles. The van der Waals surface area contributed by atoms with E-state index in [0.717, 1.165) is 25.0 Å². The molecule has 0 heterocycles. The van der Waals surface area contributed by atoms with Crippen LogP contribution in [0.4, 0.5) is 0 Å². The minimum absolute atomic E-state index is 0.0140. The molecular weight excluding hydrogens is 246 g/mol. The van der Waals surface area contributed by atoms with E-state index in [-0.39, 0.29) is 29.2 Å². The van der Waals surface area contributed by atoms with Crippen LogP contribution in [0.5, 0.6) is 0 Å². The molecule has 0 aromatic carbocycles. The number of nitrogens with one attached hydrogen (secondary N) is 1. The van der Waals surface area contributed by atoms with E-state index in [1.54, 1.807) is 11.8 Å². The van der Waals surface area contributed by atoms with Crippen molar-refractivity contribution in [3.8, 4) is 0 Å². The van der Waals surface area contributed by atoms with Crippen LogP contribution in [0.3, 0.4) is 0 Å². The van der Waals surface area contributed by atoms with Crippen LogP contribution < -0.4 is 5.32 Å². The van der Waals surface area contributed by atoms with Gasteiger partial charge in [0.15, 0.2) is 0 Å². The van der Waals surface area contributed by atoms with E-state index < -0.39 is 0 Å². The number of thioether (sulfide) groups is 1. The maximum atomic E-state index is 12.1. The lowest BCUT2D eigenvalue weighted by Crippen LogP contribution is -2.47. The van der Waals surface area contributed by atoms with E-state index in [2.05, 4.69) is 19.2 Å². The first-order chi connectivity index (χ1) is 8.53. The Hall–Kier alpha value is -0.220. The Morgan fingerprint density at radius 1 is 1.61 bits per heavy atom. The van der Waals surface area contributed by atoms with E-state index >= 15 is 0 Å². The molecule has 3 atom stereocenters. The van der Waals surface area contributed by atoms with Crippen molar-refractivity contribution < 1.29 is 9.90 Å². The number of carbonyl (C=O) groups is 1. The van der Waals surface area contributed by atoms with Gasteiger partial charge in [0.05, 0.1) is 11.9 Å². The molecule has 0 saturated heterocycles. The van der Waals surface area contributed by atoms with E-state index in [4.69, 9.17) is 0 Å². The molecule has 18 heavy (non-hydrogen) atoms. The highest BCUT2D eigenvalue weighted by atomic mass is 32.2. The van der Waals surface area contributed by atoms with Crippen LogP contribution in [0.15, 0.2) is 0 Å². The van der Waals surface area contributed by atoms with Gasteiger partial charge >= 0.3 is 0 Å². The molecule has 1 rings (SSSR count). The van der Waals surface area contributed by atoms with Crippen LogP contribution in [0, 0.1) is 5.41 Å². The number of carbonyl (C=O) groups excluding carboxylic acids is 1. The second-order valence-corrected chi connectivity index (χ2v) is 7.08. The largest absolute Gasteiger partial charge is 0.396 e. The Bertz CT molecular complexity index is 273. The highest BCUT2D eigenvalue weighted by Crippen LogP contribution is 2.37. The number of unbranched alkanes of at least 4 members (excludes halogenated alkanes) is 1. The summed E-state index contributed by atoms with van der Waals surface area (Å²) in [4.78, 5) is 12.1. The van der Waals surface area contributed by atoms with Crippen LogP contribution in [-0.4, -0.2) is 34.7 Å². The monoisotopic (exact) mass is 273 g/mol. The lowest BCUT2D eigenvalue weighted by molar-refractivity contribution is -0.121. The number of rotatable bonds is 7. The van der Waals surface area contributed by atoms with E-state index in [0.29, 0.717) is 0 Å². The third-order valence-electron chi connectivity index (χ3n) is 3.99. The molecule has 1 aliphatic carbocycles. The second-order valence-electron chi connectivity index (χ2n) is 5.63. The summed E-state index contributed by atoms with van der Waals surface area (Å²) in [5, 5.41) is 12.6. The molecule has 1 saturated carbocycles. The van der Waals surface area contributed by atoms with Crippen molar-refractivity contribution in [3.05, 3.63) is 0 Å². The molecular formula is C14H27NO2S. The van der Waals surface area contributed by atoms with Crippen molar-refractivity contribution in [3.63, 3.8) is 0 Å². The van der Waals surface area contributed by atoms with Gasteiger partial charge in [-0.1, -0.05) is 26.7 Å². The van der Waals surface area contributed by atoms with Crippen molar-refractivity contribution >= 4 is 17.7 Å². The summed E-state index contributed by atoms with van der Waals surface area (Å²) in [5.74, 6) is 1.18. The summed E-state index contributed by atoms with van der Waals surface area (Å²) < 4.78 is 0. The van der Waals surface area contributed by atoms with Crippen molar-refractivity contribution in [2.45, 2.75) is 64.2 Å². The normalized spacial score (nSPS) is 29.2. The number of aliphatic hydroxyl groups is 1. The standard InChI is InChI=1S/C14H27NO2S/c1-4-5-9-18-11(2)13(17)15-12-7-6-8-14(12,3)10-16/h11-12,16H,4-10H2,1-3H3,(H,15,17)/t11-,12+,14+/m1/s1. The first kappa shape index (κ1) is 15.8. The van der Waals surface area contributed by atoms with Crippen LogP contribution in [0.25, 0.3) is 0 Å². The van der Waals surface area contributed by atoms with E-state index in [1.807, 2.05) is 6.92 Å². The van der Waals surface area contributed by atoms with Gasteiger partial charge in [-0.05, 0) is 31.9 Å². The quantitative estimate of drug-likeness (QED) is 0.701. The van der Waals surface area contributed by atoms with Gasteiger partial charge in [0.25, 0.3) is 0 Å². The summed E-state index contributed by atoms with van der Waals surface area (Å²) in [7, 11) is 0. The fourth-order valence-corrected chi connectivity index (χ4v) is 3.47. The van der Waals surface area contributed by atoms with Gasteiger partial charge in [0.1, 0.15) is 0 Å². The summed E-state index contributed by atoms with van der Waals surface area (Å²) in [6.45, 7) is 6.37. The lowest BCUT2D eigenvalue weighted by atomic mass is 9.86. The molecule has 1 aliphatic rings. The minimum atomic E-state index is -0.122. The molecule has 0 aromatic rings. The molecule has 106 valence electrons. The number of hydrogen-bond acceptors (Lipinski definition) is 3. The first-order valence-corrected chi connectivity index (χ1v) is 8.11. The van der Waals surface area contributed by atoms with Crippen LogP contribution in [0.1, 0.15) is 52.9 Å². The highest BCUT2D eigenvalue weighted by Gasteiger charge is 2.39. The Kier molecular flexibility index (Phi) is 6.50. The molecule has 1 fully saturated rings. The molecule has 0 spiro atoms. The Labute approximate surface area is 115 Å². The van der Waals surface area contributed by atoms with Gasteiger partial charge in [-0.25, -0.2) is 0 Å². The van der Waals surface area contributed by atoms with Gasteiger partial charge in [-0.15, -0.1) is 11.8 Å². The molecule has 0 radical (unpaired) electrons. The zero-order chi connectivity index (χ0) is 13.6. The maximum Gasteiger partial charge on any atom is 0.233 e. The summed E-state index contributed by atoms with van der Waals surface area (Å²) in [5.41, 5.74) is -0.122. The molecule has 0 unspecified atom stereocenters. The first-order valence-electron chi connectivity index (χ1n) is 7.06. The highest BCUT2D eigenvalue weighted by molar-refractivity contribution is 8.00. The topological polar surface area (TPSA) is 49.3 Å². The molecule has 1 amide bonds. The van der Waals surface area contributed by atoms with Gasteiger partial charge in [-0.2, -0.15) is 0 Å². The Morgan fingerprint density at radius 2 is 2.33 bits per heavy atom. The third kappa shape index (κ3) is 4.16. The zero-order valence-corrected chi connectivity index (χ0v) is 12.7. The molecule has 3 nitrogen and oxygen atoms in total. The lowest BCUT2D eigenvalue weighted by Gasteiger charge is -2.30. The fourth-order valence-electron chi connectivity index (χ4n) is 2.44. The minimum Gasteiger partial charge on any atom is -0.396 e. The molecule has 2 N–H and O–H groups in total. The van der Waals surface area contributed by atoms with Gasteiger partial charge in [-0.3, -0.25) is 4.79 Å². The summed E-state index contributed by atoms with van der Waals surface area (Å²) >= 11 is 1.73. The molecule has 0 bridgehead atoms. The predicted molar refractivity (Wildman–Crippen MR) is 77.8 cm³/mol. The SMILES string of the molecule is CCCCS[C@H](C)C(=O)N[C@H]1CCC[C@@]1(C)CO. The molecule has 4 heteroatoms. The average Bonchev–Trinajstić information content (AvgIpc) is 2.72. The zero-order valence-electron chi connectivity index (χ0n) is 11.9. The second kappa shape index (κ2) is 7.39.